The first kappa shape index (κ1) is 14.4. The van der Waals surface area contributed by atoms with Gasteiger partial charge in [0.15, 0.2) is 0 Å². The zero-order valence-corrected chi connectivity index (χ0v) is 10.9. The Balaban J connectivity index is 2.11. The van der Waals surface area contributed by atoms with Crippen LogP contribution in [0.25, 0.3) is 0 Å². The van der Waals surface area contributed by atoms with Crippen molar-refractivity contribution in [3.8, 4) is 0 Å². The van der Waals surface area contributed by atoms with Gasteiger partial charge in [0.05, 0.1) is 6.21 Å². The average Bonchev–Trinajstić information content (AvgIpc) is 2.40. The minimum atomic E-state index is -0.0168. The van der Waals surface area contributed by atoms with E-state index in [9.17, 15) is 4.79 Å². The molecule has 1 aromatic rings. The Morgan fingerprint density at radius 3 is 2.72 bits per heavy atom. The van der Waals surface area contributed by atoms with Gasteiger partial charge in [-0.05, 0) is 24.1 Å². The van der Waals surface area contributed by atoms with Crippen LogP contribution in [0.3, 0.4) is 0 Å². The standard InChI is InChI=1S/C14H21N3O/c1-2-3-4-5-6-7-14(18)17-16-12-13-8-10-15-11-9-13/h8-12H,2-7H2,1H3,(H,17,18). The van der Waals surface area contributed by atoms with Crippen LogP contribution in [0.15, 0.2) is 29.6 Å². The van der Waals surface area contributed by atoms with Gasteiger partial charge in [-0.1, -0.05) is 32.6 Å². The maximum absolute atomic E-state index is 11.4. The minimum Gasteiger partial charge on any atom is -0.273 e. The van der Waals surface area contributed by atoms with Gasteiger partial charge >= 0.3 is 0 Å². The number of amides is 1. The van der Waals surface area contributed by atoms with E-state index in [1.54, 1.807) is 18.6 Å². The summed E-state index contributed by atoms with van der Waals surface area (Å²) in [4.78, 5) is 15.3. The summed E-state index contributed by atoms with van der Waals surface area (Å²) in [6.45, 7) is 2.18. The largest absolute Gasteiger partial charge is 0.273 e. The summed E-state index contributed by atoms with van der Waals surface area (Å²) in [6, 6.07) is 3.67. The number of rotatable bonds is 8. The van der Waals surface area contributed by atoms with Crippen molar-refractivity contribution in [1.82, 2.24) is 10.4 Å². The van der Waals surface area contributed by atoms with E-state index in [1.807, 2.05) is 12.1 Å². The highest BCUT2D eigenvalue weighted by molar-refractivity contribution is 5.82. The quantitative estimate of drug-likeness (QED) is 0.436. The lowest BCUT2D eigenvalue weighted by Crippen LogP contribution is -2.16. The fourth-order valence-electron chi connectivity index (χ4n) is 1.57. The summed E-state index contributed by atoms with van der Waals surface area (Å²) < 4.78 is 0. The monoisotopic (exact) mass is 247 g/mol. The lowest BCUT2D eigenvalue weighted by atomic mass is 10.1. The summed E-state index contributed by atoms with van der Waals surface area (Å²) in [7, 11) is 0. The molecule has 0 aromatic carbocycles. The fourth-order valence-corrected chi connectivity index (χ4v) is 1.57. The topological polar surface area (TPSA) is 54.4 Å². The van der Waals surface area contributed by atoms with Crippen molar-refractivity contribution in [2.75, 3.05) is 0 Å². The lowest BCUT2D eigenvalue weighted by molar-refractivity contribution is -0.121. The van der Waals surface area contributed by atoms with E-state index in [1.165, 1.54) is 19.3 Å². The number of nitrogens with one attached hydrogen (secondary N) is 1. The highest BCUT2D eigenvalue weighted by Crippen LogP contribution is 2.04. The molecular weight excluding hydrogens is 226 g/mol. The van der Waals surface area contributed by atoms with Crippen LogP contribution in [-0.2, 0) is 4.79 Å². The van der Waals surface area contributed by atoms with E-state index in [-0.39, 0.29) is 5.91 Å². The third-order valence-electron chi connectivity index (χ3n) is 2.62. The highest BCUT2D eigenvalue weighted by atomic mass is 16.2. The molecular formula is C14H21N3O. The van der Waals surface area contributed by atoms with E-state index < -0.39 is 0 Å². The Morgan fingerprint density at radius 2 is 2.00 bits per heavy atom. The summed E-state index contributed by atoms with van der Waals surface area (Å²) in [5.74, 6) is -0.0168. The van der Waals surface area contributed by atoms with E-state index in [0.29, 0.717) is 6.42 Å². The Bertz CT molecular complexity index is 363. The van der Waals surface area contributed by atoms with Gasteiger partial charge in [0, 0.05) is 18.8 Å². The first-order valence-corrected chi connectivity index (χ1v) is 6.55. The summed E-state index contributed by atoms with van der Waals surface area (Å²) >= 11 is 0. The number of nitrogens with zero attached hydrogens (tertiary/aromatic N) is 2. The number of hydrazone groups is 1. The number of unbranched alkanes of at least 4 members (excludes halogenated alkanes) is 4. The molecule has 0 aliphatic rings. The highest BCUT2D eigenvalue weighted by Gasteiger charge is 1.98. The number of carbonyl (C=O) groups is 1. The second kappa shape index (κ2) is 9.33. The van der Waals surface area contributed by atoms with Crippen LogP contribution < -0.4 is 5.43 Å². The molecule has 0 spiro atoms. The van der Waals surface area contributed by atoms with Crippen molar-refractivity contribution in [3.63, 3.8) is 0 Å². The number of carbonyl (C=O) groups excluding carboxylic acids is 1. The van der Waals surface area contributed by atoms with Crippen LogP contribution in [0.5, 0.6) is 0 Å². The summed E-state index contributed by atoms with van der Waals surface area (Å²) in [6.07, 6.45) is 11.3. The number of aromatic nitrogens is 1. The molecule has 0 radical (unpaired) electrons. The second-order valence-electron chi connectivity index (χ2n) is 4.24. The summed E-state index contributed by atoms with van der Waals surface area (Å²) in [5.41, 5.74) is 3.46. The molecule has 4 heteroatoms. The molecule has 0 aliphatic carbocycles. The Kier molecular flexibility index (Phi) is 7.44. The average molecular weight is 247 g/mol. The molecule has 0 unspecified atom stereocenters. The molecule has 0 atom stereocenters. The fraction of sp³-hybridized carbons (Fsp3) is 0.500. The van der Waals surface area contributed by atoms with Crippen LogP contribution in [0.2, 0.25) is 0 Å². The number of pyridine rings is 1. The Labute approximate surface area is 109 Å². The zero-order valence-electron chi connectivity index (χ0n) is 10.9. The lowest BCUT2D eigenvalue weighted by Gasteiger charge is -2.00. The molecule has 1 aromatic heterocycles. The van der Waals surface area contributed by atoms with Crippen molar-refractivity contribution < 1.29 is 4.79 Å². The van der Waals surface area contributed by atoms with Crippen molar-refractivity contribution >= 4 is 12.1 Å². The van der Waals surface area contributed by atoms with Gasteiger partial charge in [-0.3, -0.25) is 9.78 Å². The SMILES string of the molecule is CCCCCCCC(=O)NN=Cc1ccncc1. The van der Waals surface area contributed by atoms with Gasteiger partial charge in [0.1, 0.15) is 0 Å². The predicted molar refractivity (Wildman–Crippen MR) is 73.3 cm³/mol. The van der Waals surface area contributed by atoms with Crippen LogP contribution in [0.4, 0.5) is 0 Å². The maximum Gasteiger partial charge on any atom is 0.240 e. The van der Waals surface area contributed by atoms with Crippen LogP contribution >= 0.6 is 0 Å². The first-order valence-electron chi connectivity index (χ1n) is 6.55. The van der Waals surface area contributed by atoms with E-state index in [2.05, 4.69) is 22.4 Å². The molecule has 0 aliphatic heterocycles. The van der Waals surface area contributed by atoms with Gasteiger partial charge in [-0.25, -0.2) is 5.43 Å². The van der Waals surface area contributed by atoms with Crippen LogP contribution in [0, 0.1) is 0 Å². The number of hydrogen-bond donors (Lipinski definition) is 1. The van der Waals surface area contributed by atoms with Crippen LogP contribution in [-0.4, -0.2) is 17.1 Å². The molecule has 4 nitrogen and oxygen atoms in total. The van der Waals surface area contributed by atoms with Gasteiger partial charge in [0.2, 0.25) is 5.91 Å². The second-order valence-corrected chi connectivity index (χ2v) is 4.24. The van der Waals surface area contributed by atoms with Crippen molar-refractivity contribution in [3.05, 3.63) is 30.1 Å². The van der Waals surface area contributed by atoms with Gasteiger partial charge in [-0.15, -0.1) is 0 Å². The van der Waals surface area contributed by atoms with Crippen molar-refractivity contribution in [2.45, 2.75) is 45.4 Å². The molecule has 0 bridgehead atoms. The minimum absolute atomic E-state index is 0.0168. The normalized spacial score (nSPS) is 10.7. The third kappa shape index (κ3) is 6.78. The molecule has 1 amide bonds. The molecule has 0 fully saturated rings. The van der Waals surface area contributed by atoms with Crippen molar-refractivity contribution in [2.24, 2.45) is 5.10 Å². The first-order chi connectivity index (χ1) is 8.83. The molecule has 18 heavy (non-hydrogen) atoms. The Morgan fingerprint density at radius 1 is 1.28 bits per heavy atom. The zero-order chi connectivity index (χ0) is 13.1. The third-order valence-corrected chi connectivity index (χ3v) is 2.62. The van der Waals surface area contributed by atoms with Crippen molar-refractivity contribution in [1.29, 1.82) is 0 Å². The summed E-state index contributed by atoms with van der Waals surface area (Å²) in [5, 5.41) is 3.90. The van der Waals surface area contributed by atoms with E-state index in [0.717, 1.165) is 18.4 Å². The molecule has 98 valence electrons. The molecule has 1 heterocycles. The molecule has 0 saturated carbocycles. The van der Waals surface area contributed by atoms with E-state index >= 15 is 0 Å². The molecule has 0 saturated heterocycles. The van der Waals surface area contributed by atoms with Gasteiger partial charge in [0.25, 0.3) is 0 Å². The van der Waals surface area contributed by atoms with Gasteiger partial charge in [-0.2, -0.15) is 5.10 Å². The number of hydrogen-bond acceptors (Lipinski definition) is 3. The predicted octanol–water partition coefficient (Wildman–Crippen LogP) is 2.89. The van der Waals surface area contributed by atoms with E-state index in [4.69, 9.17) is 0 Å². The molecule has 1 rings (SSSR count). The van der Waals surface area contributed by atoms with Crippen LogP contribution in [0.1, 0.15) is 51.0 Å². The Hall–Kier alpha value is -1.71. The molecule has 1 N–H and O–H groups in total. The smallest absolute Gasteiger partial charge is 0.240 e. The maximum atomic E-state index is 11.4. The van der Waals surface area contributed by atoms with Gasteiger partial charge < -0.3 is 0 Å².